The lowest BCUT2D eigenvalue weighted by atomic mass is 9.82. The fourth-order valence-corrected chi connectivity index (χ4v) is 10.5. The van der Waals surface area contributed by atoms with Gasteiger partial charge in [-0.15, -0.1) is 0 Å². The Morgan fingerprint density at radius 1 is 0.339 bits per heavy atom. The minimum absolute atomic E-state index is 0.0239. The first-order valence-corrected chi connectivity index (χ1v) is 37.6. The molecule has 1 unspecified atom stereocenters. The molecule has 35 heteroatoms. The van der Waals surface area contributed by atoms with Gasteiger partial charge < -0.3 is 70.7 Å². The first-order valence-electron chi connectivity index (χ1n) is 37.6. The quantitative estimate of drug-likeness (QED) is 0.0116. The van der Waals surface area contributed by atoms with Gasteiger partial charge in [0.1, 0.15) is 50.3 Å². The zero-order chi connectivity index (χ0) is 90.6. The normalized spacial score (nSPS) is 13.4. The topological polar surface area (TPSA) is 378 Å². The van der Waals surface area contributed by atoms with E-state index in [-0.39, 0.29) is 69.7 Å². The second-order valence-electron chi connectivity index (χ2n) is 32.2. The van der Waals surface area contributed by atoms with Crippen molar-refractivity contribution >= 4 is 65.8 Å². The molecule has 0 saturated carbocycles. The van der Waals surface area contributed by atoms with Crippen LogP contribution in [0.1, 0.15) is 177 Å². The molecule has 4 rings (SSSR count). The van der Waals surface area contributed by atoms with Crippen molar-refractivity contribution < 1.29 is 140 Å². The molecule has 9 N–H and O–H groups in total. The van der Waals surface area contributed by atoms with Crippen LogP contribution >= 0.6 is 0 Å². The smallest absolute Gasteiger partial charge is 0.408 e. The highest BCUT2D eigenvalue weighted by Gasteiger charge is 2.42. The Morgan fingerprint density at radius 2 is 0.542 bits per heavy atom. The molecule has 25 nitrogen and oxygen atoms in total. The van der Waals surface area contributed by atoms with Gasteiger partial charge in [0.2, 0.25) is 32.1 Å². The lowest BCUT2D eigenvalue weighted by molar-refractivity contribution is -0.148. The Labute approximate surface area is 682 Å². The molecule has 4 amide bonds. The molecule has 0 aliphatic heterocycles. The number of nitrogens with two attached hydrogens (primary N) is 1. The largest absolute Gasteiger partial charge is 0.480 e. The number of carbonyl (C=O) groups excluding carboxylic acids is 8. The van der Waals surface area contributed by atoms with Gasteiger partial charge in [-0.2, -0.15) is 0 Å². The number of alkyl halides is 10. The number of benzene rings is 4. The third-order valence-electron chi connectivity index (χ3n) is 17.8. The van der Waals surface area contributed by atoms with Crippen molar-refractivity contribution in [1.29, 1.82) is 0 Å². The number of hydrogen-bond acceptors (Lipinski definition) is 18. The van der Waals surface area contributed by atoms with Crippen LogP contribution in [-0.4, -0.2) is 158 Å². The summed E-state index contributed by atoms with van der Waals surface area (Å²) in [6.45, 7) is 20.4. The monoisotopic (exact) mass is 1690 g/mol. The summed E-state index contributed by atoms with van der Waals surface area (Å²) >= 11 is 0. The van der Waals surface area contributed by atoms with E-state index in [1.807, 2.05) is 33.8 Å². The zero-order valence-electron chi connectivity index (χ0n) is 69.5. The van der Waals surface area contributed by atoms with E-state index in [0.717, 1.165) is 22.3 Å². The van der Waals surface area contributed by atoms with Crippen molar-refractivity contribution in [3.8, 4) is 0 Å². The third-order valence-corrected chi connectivity index (χ3v) is 17.8. The number of amides is 4. The van der Waals surface area contributed by atoms with Crippen LogP contribution in [0.2, 0.25) is 0 Å². The number of Topliss-reactive ketones (excluding diaryl/α,β-unsaturated/α-hetero) is 2. The number of halogens is 10. The van der Waals surface area contributed by atoms with Crippen LogP contribution in [0.5, 0.6) is 0 Å². The van der Waals surface area contributed by atoms with Crippen LogP contribution < -0.4 is 27.0 Å². The van der Waals surface area contributed by atoms with E-state index < -0.39 is 181 Å². The van der Waals surface area contributed by atoms with E-state index in [2.05, 4.69) is 26.0 Å². The number of hydrogen-bond donors (Lipinski definition) is 8. The molecule has 0 radical (unpaired) electrons. The van der Waals surface area contributed by atoms with Gasteiger partial charge in [-0.05, 0) is 79.0 Å². The summed E-state index contributed by atoms with van der Waals surface area (Å²) in [6, 6.07) is 28.8. The maximum Gasteiger partial charge on any atom is 0.408 e. The van der Waals surface area contributed by atoms with Crippen molar-refractivity contribution in [3.63, 3.8) is 0 Å². The predicted molar refractivity (Wildman–Crippen MR) is 416 cm³/mol. The molecule has 4 aromatic rings. The lowest BCUT2D eigenvalue weighted by Gasteiger charge is -2.29. The van der Waals surface area contributed by atoms with Crippen LogP contribution in [0.25, 0.3) is 0 Å². The summed E-state index contributed by atoms with van der Waals surface area (Å²) < 4.78 is 159. The second kappa shape index (κ2) is 53.4. The minimum atomic E-state index is -2.70. The molecular formula is C83H117F10N5O20. The highest BCUT2D eigenvalue weighted by atomic mass is 19.3. The van der Waals surface area contributed by atoms with Crippen molar-refractivity contribution in [1.82, 2.24) is 21.3 Å². The predicted octanol–water partition coefficient (Wildman–Crippen LogP) is 16.7. The van der Waals surface area contributed by atoms with E-state index >= 15 is 0 Å². The number of carboxylic acids is 3. The lowest BCUT2D eigenvalue weighted by Crippen LogP contribution is -2.46. The van der Waals surface area contributed by atoms with Crippen molar-refractivity contribution in [2.45, 2.75) is 243 Å². The van der Waals surface area contributed by atoms with Gasteiger partial charge in [0, 0.05) is 39.9 Å². The minimum Gasteiger partial charge on any atom is -0.480 e. The van der Waals surface area contributed by atoms with Gasteiger partial charge in [-0.25, -0.2) is 77.5 Å². The van der Waals surface area contributed by atoms with Crippen LogP contribution in [-0.2, 0) is 88.4 Å². The summed E-state index contributed by atoms with van der Waals surface area (Å²) in [4.78, 5) is 129. The van der Waals surface area contributed by atoms with Gasteiger partial charge in [-0.1, -0.05) is 218 Å². The molecule has 4 aromatic carbocycles. The fraction of sp³-hybridized carbons (Fsp3) is 0.578. The van der Waals surface area contributed by atoms with Crippen LogP contribution in [0.4, 0.5) is 63.1 Å². The molecule has 0 saturated heterocycles. The number of ether oxygens (including phenoxy) is 6. The van der Waals surface area contributed by atoms with Gasteiger partial charge in [0.05, 0.1) is 38.1 Å². The molecule has 0 heterocycles. The average Bonchev–Trinajstić information content (AvgIpc) is 0.866. The van der Waals surface area contributed by atoms with E-state index in [1.54, 1.807) is 115 Å². The Morgan fingerprint density at radius 3 is 0.746 bits per heavy atom. The zero-order valence-corrected chi connectivity index (χ0v) is 69.5. The van der Waals surface area contributed by atoms with Gasteiger partial charge in [0.15, 0.2) is 5.78 Å². The molecule has 0 bridgehead atoms. The number of aliphatic carboxylic acids is 3. The van der Waals surface area contributed by atoms with Crippen molar-refractivity contribution in [2.75, 3.05) is 14.2 Å². The van der Waals surface area contributed by atoms with Crippen LogP contribution in [0.3, 0.4) is 0 Å². The average molecular weight is 1690 g/mol. The summed E-state index contributed by atoms with van der Waals surface area (Å²) in [5.41, 5.74) is 1.23. The number of esters is 2. The molecule has 7 atom stereocenters. The number of carbonyl (C=O) groups is 11. The molecule has 118 heavy (non-hydrogen) atoms. The fourth-order valence-electron chi connectivity index (χ4n) is 10.5. The van der Waals surface area contributed by atoms with E-state index in [4.69, 9.17) is 44.7 Å². The van der Waals surface area contributed by atoms with Gasteiger partial charge >= 0.3 is 54.2 Å². The number of methoxy groups -OCH3 is 2. The molecular weight excluding hydrogens is 1580 g/mol. The summed E-state index contributed by atoms with van der Waals surface area (Å²) in [5, 5.41) is 35.8. The Hall–Kier alpha value is -10.1. The van der Waals surface area contributed by atoms with Crippen LogP contribution in [0.15, 0.2) is 121 Å². The van der Waals surface area contributed by atoms with Crippen molar-refractivity contribution in [3.05, 3.63) is 144 Å². The highest BCUT2D eigenvalue weighted by molar-refractivity contribution is 5.91. The number of ketones is 2. The van der Waals surface area contributed by atoms with Gasteiger partial charge in [0.25, 0.3) is 0 Å². The Kier molecular flexibility index (Phi) is 48.8. The van der Waals surface area contributed by atoms with Crippen LogP contribution in [0, 0.1) is 50.7 Å². The second-order valence-corrected chi connectivity index (χ2v) is 32.2. The summed E-state index contributed by atoms with van der Waals surface area (Å²) in [6.07, 6.45) is -18.1. The van der Waals surface area contributed by atoms with E-state index in [1.165, 1.54) is 83.5 Å². The highest BCUT2D eigenvalue weighted by Crippen LogP contribution is 2.36. The maximum absolute atomic E-state index is 13.4. The number of carboxylic acid groups (broad SMARTS) is 3. The Bertz CT molecular complexity index is 3460. The molecule has 0 aromatic heterocycles. The number of nitrogens with one attached hydrogen (secondary N) is 4. The first kappa shape index (κ1) is 108. The van der Waals surface area contributed by atoms with E-state index in [9.17, 15) is 96.6 Å². The number of alkyl carbamates (subject to hydrolysis) is 4. The molecule has 0 fully saturated rings. The third kappa shape index (κ3) is 45.0. The standard InChI is InChI=1S/C23H33F2NO5.3C15H19F2NO4.C15H27F2NO3/c1-15(2)11-17(20(28)30-5)12-19(27)18(13-23(3,4)21(24)25)26-22(29)31-14-16-9-7-6-8-10-16;3*1-15(2,13(16)17)8-11(12(19)20)18-14(21)22-9-10-6-4-3-5-7-10;1-9(2)6-10(13(20)21-5)7-12(19)11(18)8-15(3,4)14(16)17/h6-10,15,17-18,21H,11-14H2,1-5H3,(H,26,29);3*3-7,11,13H,8-9H2,1-2H3,(H,18,21)(H,19,20);9-11,14H,6-8,18H2,1-5H3/t17-,18+;2*11-;;10-,11+/m110.1/s1. The molecule has 0 aliphatic rings. The molecule has 0 aliphatic carbocycles. The molecule has 0 spiro atoms. The Balaban J connectivity index is 0.00000146. The number of rotatable bonds is 42. The van der Waals surface area contributed by atoms with E-state index in [0.29, 0.717) is 12.8 Å². The van der Waals surface area contributed by atoms with Crippen molar-refractivity contribution in [2.24, 2.45) is 56.5 Å². The SMILES string of the molecule is CC(C)(CC(NC(=O)OCc1ccccc1)C(=O)O)C(F)F.CC(C)(C[C@@H](NC(=O)OCc1ccccc1)C(=O)O)C(F)F.CC(C)(C[C@H](NC(=O)OCc1ccccc1)C(=O)O)C(F)F.COC(=O)[C@@H](CC(=O)[C@@H](N)CC(C)(C)C(F)F)CC(C)C.COC(=O)[C@@H](CC(=O)[C@H](CC(C)(C)C(F)F)NC(=O)OCc1ccccc1)CC(C)C. The first-order chi connectivity index (χ1) is 54.6. The summed E-state index contributed by atoms with van der Waals surface area (Å²) in [7, 11) is 2.50. The van der Waals surface area contributed by atoms with Gasteiger partial charge in [-0.3, -0.25) is 19.2 Å². The maximum atomic E-state index is 13.4. The summed E-state index contributed by atoms with van der Waals surface area (Å²) in [5.74, 6) is -6.98. The molecule has 664 valence electrons.